The Kier molecular flexibility index (Phi) is 5.46. The highest BCUT2D eigenvalue weighted by molar-refractivity contribution is 5.93. The van der Waals surface area contributed by atoms with E-state index in [1.807, 2.05) is 34.6 Å². The van der Waals surface area contributed by atoms with Crippen LogP contribution in [0.4, 0.5) is 20.2 Å². The molecule has 2 aromatic rings. The third kappa shape index (κ3) is 4.51. The molecule has 0 saturated carbocycles. The molecular weight excluding hydrogens is 358 g/mol. The van der Waals surface area contributed by atoms with Crippen molar-refractivity contribution in [3.8, 4) is 0 Å². The zero-order valence-electron chi connectivity index (χ0n) is 17.2. The fraction of sp³-hybridized carbons (Fsp3) is 0.435. The first-order valence-electron chi connectivity index (χ1n) is 9.66. The van der Waals surface area contributed by atoms with Gasteiger partial charge < -0.3 is 10.2 Å². The summed E-state index contributed by atoms with van der Waals surface area (Å²) in [4.78, 5) is 14.6. The second kappa shape index (κ2) is 7.53. The maximum atomic E-state index is 13.5. The van der Waals surface area contributed by atoms with Crippen molar-refractivity contribution in [2.75, 3.05) is 16.8 Å². The van der Waals surface area contributed by atoms with Crippen molar-refractivity contribution in [1.29, 1.82) is 0 Å². The highest BCUT2D eigenvalue weighted by Crippen LogP contribution is 2.38. The number of aryl methyl sites for hydroxylation is 1. The normalized spacial score (nSPS) is 13.6. The SMILES string of the molecule is Cc1cc2c(c(C)c1NC(=O)CC(C)(C)C)CCN2Cc1cc(F)cc(F)c1. The molecule has 2 aromatic carbocycles. The molecule has 1 N–H and O–H groups in total. The Bertz CT molecular complexity index is 896. The Hall–Kier alpha value is -2.43. The first kappa shape index (κ1) is 20.3. The number of benzene rings is 2. The van der Waals surface area contributed by atoms with Gasteiger partial charge in [-0.3, -0.25) is 4.79 Å². The first-order chi connectivity index (χ1) is 13.0. The highest BCUT2D eigenvalue weighted by Gasteiger charge is 2.25. The van der Waals surface area contributed by atoms with Crippen molar-refractivity contribution in [3.63, 3.8) is 0 Å². The molecule has 3 nitrogen and oxygen atoms in total. The summed E-state index contributed by atoms with van der Waals surface area (Å²) in [6.07, 6.45) is 1.31. The number of nitrogens with one attached hydrogen (secondary N) is 1. The van der Waals surface area contributed by atoms with Gasteiger partial charge >= 0.3 is 0 Å². The molecule has 0 aromatic heterocycles. The van der Waals surface area contributed by atoms with Crippen molar-refractivity contribution in [2.24, 2.45) is 5.41 Å². The maximum Gasteiger partial charge on any atom is 0.224 e. The number of anilines is 2. The molecule has 3 rings (SSSR count). The van der Waals surface area contributed by atoms with Gasteiger partial charge in [-0.05, 0) is 66.1 Å². The molecule has 1 amide bonds. The van der Waals surface area contributed by atoms with Crippen LogP contribution in [0.1, 0.15) is 49.4 Å². The molecule has 0 radical (unpaired) electrons. The fourth-order valence-electron chi connectivity index (χ4n) is 3.91. The van der Waals surface area contributed by atoms with E-state index in [4.69, 9.17) is 0 Å². The lowest BCUT2D eigenvalue weighted by atomic mass is 9.91. The number of halogens is 2. The zero-order chi connectivity index (χ0) is 20.6. The van der Waals surface area contributed by atoms with E-state index in [0.717, 1.165) is 41.5 Å². The van der Waals surface area contributed by atoms with E-state index in [2.05, 4.69) is 16.3 Å². The van der Waals surface area contributed by atoms with E-state index in [-0.39, 0.29) is 11.3 Å². The number of fused-ring (bicyclic) bond motifs is 1. The van der Waals surface area contributed by atoms with Gasteiger partial charge in [-0.15, -0.1) is 0 Å². The van der Waals surface area contributed by atoms with Gasteiger partial charge in [-0.1, -0.05) is 20.8 Å². The second-order valence-electron chi connectivity index (χ2n) is 8.93. The number of hydrogen-bond donors (Lipinski definition) is 1. The van der Waals surface area contributed by atoms with Crippen molar-refractivity contribution < 1.29 is 13.6 Å². The van der Waals surface area contributed by atoms with Crippen LogP contribution >= 0.6 is 0 Å². The Morgan fingerprint density at radius 2 is 1.75 bits per heavy atom. The van der Waals surface area contributed by atoms with Gasteiger partial charge in [0.15, 0.2) is 0 Å². The highest BCUT2D eigenvalue weighted by atomic mass is 19.1. The van der Waals surface area contributed by atoms with Crippen molar-refractivity contribution in [1.82, 2.24) is 0 Å². The molecule has 0 spiro atoms. The quantitative estimate of drug-likeness (QED) is 0.750. The van der Waals surface area contributed by atoms with Crippen LogP contribution in [0.25, 0.3) is 0 Å². The van der Waals surface area contributed by atoms with Gasteiger partial charge in [0, 0.05) is 37.0 Å². The predicted octanol–water partition coefficient (Wildman–Crippen LogP) is 5.52. The monoisotopic (exact) mass is 386 g/mol. The Labute approximate surface area is 165 Å². The molecule has 0 saturated heterocycles. The molecule has 28 heavy (non-hydrogen) atoms. The van der Waals surface area contributed by atoms with Gasteiger partial charge in [0.1, 0.15) is 11.6 Å². The van der Waals surface area contributed by atoms with Crippen LogP contribution in [-0.2, 0) is 17.8 Å². The zero-order valence-corrected chi connectivity index (χ0v) is 17.2. The summed E-state index contributed by atoms with van der Waals surface area (Å²) >= 11 is 0. The summed E-state index contributed by atoms with van der Waals surface area (Å²) in [6, 6.07) is 5.71. The lowest BCUT2D eigenvalue weighted by molar-refractivity contribution is -0.117. The van der Waals surface area contributed by atoms with Gasteiger partial charge in [0.2, 0.25) is 5.91 Å². The summed E-state index contributed by atoms with van der Waals surface area (Å²) < 4.78 is 27.0. The van der Waals surface area contributed by atoms with E-state index >= 15 is 0 Å². The van der Waals surface area contributed by atoms with Crippen LogP contribution in [-0.4, -0.2) is 12.5 Å². The molecule has 0 fully saturated rings. The number of hydrogen-bond acceptors (Lipinski definition) is 2. The minimum atomic E-state index is -0.557. The molecule has 150 valence electrons. The van der Waals surface area contributed by atoms with E-state index < -0.39 is 11.6 Å². The van der Waals surface area contributed by atoms with Gasteiger partial charge in [0.25, 0.3) is 0 Å². The average molecular weight is 386 g/mol. The smallest absolute Gasteiger partial charge is 0.224 e. The molecule has 1 aliphatic rings. The predicted molar refractivity (Wildman–Crippen MR) is 110 cm³/mol. The van der Waals surface area contributed by atoms with E-state index in [0.29, 0.717) is 18.5 Å². The fourth-order valence-corrected chi connectivity index (χ4v) is 3.91. The minimum Gasteiger partial charge on any atom is -0.367 e. The second-order valence-corrected chi connectivity index (χ2v) is 8.93. The van der Waals surface area contributed by atoms with E-state index in [9.17, 15) is 13.6 Å². The largest absolute Gasteiger partial charge is 0.367 e. The van der Waals surface area contributed by atoms with Gasteiger partial charge in [-0.2, -0.15) is 0 Å². The lowest BCUT2D eigenvalue weighted by Gasteiger charge is -2.23. The van der Waals surface area contributed by atoms with Gasteiger partial charge in [-0.25, -0.2) is 8.78 Å². The van der Waals surface area contributed by atoms with Gasteiger partial charge in [0.05, 0.1) is 0 Å². The third-order valence-electron chi connectivity index (χ3n) is 5.11. The topological polar surface area (TPSA) is 32.3 Å². The molecule has 0 unspecified atom stereocenters. The molecular formula is C23H28F2N2O. The minimum absolute atomic E-state index is 0.0174. The Balaban J connectivity index is 1.85. The first-order valence-corrected chi connectivity index (χ1v) is 9.66. The number of carbonyl (C=O) groups excluding carboxylic acids is 1. The Morgan fingerprint density at radius 1 is 1.11 bits per heavy atom. The summed E-state index contributed by atoms with van der Waals surface area (Å²) in [6.45, 7) is 11.4. The molecule has 1 aliphatic heterocycles. The van der Waals surface area contributed by atoms with E-state index in [1.54, 1.807) is 0 Å². The molecule has 5 heteroatoms. The molecule has 0 atom stereocenters. The molecule has 1 heterocycles. The van der Waals surface area contributed by atoms with Crippen LogP contribution in [0.3, 0.4) is 0 Å². The van der Waals surface area contributed by atoms with Crippen LogP contribution in [0, 0.1) is 30.9 Å². The van der Waals surface area contributed by atoms with E-state index in [1.165, 1.54) is 17.7 Å². The molecule has 0 aliphatic carbocycles. The summed E-state index contributed by atoms with van der Waals surface area (Å²) in [5.41, 5.74) is 5.76. The lowest BCUT2D eigenvalue weighted by Crippen LogP contribution is -2.21. The summed E-state index contributed by atoms with van der Waals surface area (Å²) in [5.74, 6) is -1.10. The summed E-state index contributed by atoms with van der Waals surface area (Å²) in [5, 5.41) is 3.09. The van der Waals surface area contributed by atoms with Crippen LogP contribution in [0.5, 0.6) is 0 Å². The molecule has 0 bridgehead atoms. The number of amides is 1. The number of nitrogens with zero attached hydrogens (tertiary/aromatic N) is 1. The Morgan fingerprint density at radius 3 is 2.36 bits per heavy atom. The summed E-state index contributed by atoms with van der Waals surface area (Å²) in [7, 11) is 0. The third-order valence-corrected chi connectivity index (χ3v) is 5.11. The maximum absolute atomic E-state index is 13.5. The van der Waals surface area contributed by atoms with Crippen LogP contribution in [0.15, 0.2) is 24.3 Å². The van der Waals surface area contributed by atoms with Crippen molar-refractivity contribution in [2.45, 2.75) is 54.0 Å². The van der Waals surface area contributed by atoms with Crippen molar-refractivity contribution in [3.05, 3.63) is 58.2 Å². The van der Waals surface area contributed by atoms with Crippen LogP contribution < -0.4 is 10.2 Å². The van der Waals surface area contributed by atoms with Crippen LogP contribution in [0.2, 0.25) is 0 Å². The van der Waals surface area contributed by atoms with Crippen molar-refractivity contribution >= 4 is 17.3 Å². The number of rotatable bonds is 4. The number of carbonyl (C=O) groups is 1. The standard InChI is InChI=1S/C23H28F2N2O/c1-14-8-20-19(15(2)22(14)26-21(28)12-23(3,4)5)6-7-27(20)13-16-9-17(24)11-18(25)10-16/h8-11H,6-7,12-13H2,1-5H3,(H,26,28). The average Bonchev–Trinajstić information content (AvgIpc) is 2.91.